The number of aromatic nitrogens is 6. The Kier molecular flexibility index (Phi) is 7.08. The molecule has 6 rings (SSSR count). The molecule has 10 nitrogen and oxygen atoms in total. The van der Waals surface area contributed by atoms with Crippen molar-refractivity contribution in [3.8, 4) is 28.6 Å². The number of hydrogen-bond acceptors (Lipinski definition) is 8. The number of imidazole rings is 1. The number of rotatable bonds is 7. The fourth-order valence-corrected chi connectivity index (χ4v) is 5.64. The van der Waals surface area contributed by atoms with Crippen LogP contribution in [0.5, 0.6) is 0 Å². The SMILES string of the molecule is CCC(O)(CC)Cn1nnc2cc(-c3c(-c4ccc(C#N)c(F)c4)nc4c(N5CCC[C@H](N)C5)nccn34)c(F)cc21. The highest BCUT2D eigenvalue weighted by Gasteiger charge is 2.28. The lowest BCUT2D eigenvalue weighted by atomic mass is 9.97. The average Bonchev–Trinajstić information content (AvgIpc) is 3.57. The number of piperidine rings is 1. The van der Waals surface area contributed by atoms with E-state index < -0.39 is 17.2 Å². The van der Waals surface area contributed by atoms with Crippen LogP contribution in [0.15, 0.2) is 42.7 Å². The monoisotopic (exact) mass is 571 g/mol. The topological polar surface area (TPSA) is 134 Å². The molecule has 0 bridgehead atoms. The van der Waals surface area contributed by atoms with Gasteiger partial charge >= 0.3 is 0 Å². The third kappa shape index (κ3) is 4.74. The van der Waals surface area contributed by atoms with E-state index in [-0.39, 0.29) is 23.7 Å². The van der Waals surface area contributed by atoms with Crippen molar-refractivity contribution >= 4 is 22.5 Å². The molecule has 0 spiro atoms. The highest BCUT2D eigenvalue weighted by molar-refractivity contribution is 5.89. The molecule has 1 fully saturated rings. The number of hydrogen-bond donors (Lipinski definition) is 2. The highest BCUT2D eigenvalue weighted by Crippen LogP contribution is 2.38. The van der Waals surface area contributed by atoms with E-state index in [0.717, 1.165) is 19.4 Å². The number of nitriles is 1. The molecule has 1 aliphatic heterocycles. The molecular weight excluding hydrogens is 540 g/mol. The van der Waals surface area contributed by atoms with Crippen molar-refractivity contribution in [3.63, 3.8) is 0 Å². The van der Waals surface area contributed by atoms with Gasteiger partial charge in [0.15, 0.2) is 11.5 Å². The zero-order valence-electron chi connectivity index (χ0n) is 23.4. The maximum Gasteiger partial charge on any atom is 0.181 e. The Labute approximate surface area is 241 Å². The van der Waals surface area contributed by atoms with Crippen LogP contribution in [0.1, 0.15) is 45.1 Å². The quantitative estimate of drug-likeness (QED) is 0.293. The normalized spacial score (nSPS) is 15.9. The van der Waals surface area contributed by atoms with Crippen molar-refractivity contribution in [1.29, 1.82) is 5.26 Å². The largest absolute Gasteiger partial charge is 0.388 e. The molecule has 1 saturated heterocycles. The Morgan fingerprint density at radius 1 is 1.17 bits per heavy atom. The van der Waals surface area contributed by atoms with E-state index in [9.17, 15) is 14.8 Å². The Hall–Kier alpha value is -4.47. The maximum absolute atomic E-state index is 16.1. The molecule has 5 aromatic rings. The lowest BCUT2D eigenvalue weighted by molar-refractivity contribution is 0.0125. The van der Waals surface area contributed by atoms with Gasteiger partial charge in [-0.05, 0) is 43.9 Å². The fraction of sp³-hybridized carbons (Fsp3) is 0.367. The van der Waals surface area contributed by atoms with Gasteiger partial charge < -0.3 is 15.7 Å². The smallest absolute Gasteiger partial charge is 0.181 e. The zero-order valence-corrected chi connectivity index (χ0v) is 23.4. The van der Waals surface area contributed by atoms with Crippen LogP contribution < -0.4 is 10.6 Å². The second kappa shape index (κ2) is 10.7. The average molecular weight is 572 g/mol. The number of nitrogens with two attached hydrogens (primary N) is 1. The zero-order chi connectivity index (χ0) is 29.6. The number of benzene rings is 2. The minimum absolute atomic E-state index is 0.0112. The van der Waals surface area contributed by atoms with Crippen molar-refractivity contribution in [3.05, 3.63) is 59.9 Å². The van der Waals surface area contributed by atoms with E-state index in [1.54, 1.807) is 28.9 Å². The van der Waals surface area contributed by atoms with Crippen LogP contribution in [0.3, 0.4) is 0 Å². The molecule has 0 aliphatic carbocycles. The predicted molar refractivity (Wildman–Crippen MR) is 155 cm³/mol. The van der Waals surface area contributed by atoms with Crippen LogP contribution in [-0.2, 0) is 6.54 Å². The summed E-state index contributed by atoms with van der Waals surface area (Å²) in [6, 6.07) is 8.98. The van der Waals surface area contributed by atoms with Gasteiger partial charge in [0.1, 0.15) is 23.2 Å². The van der Waals surface area contributed by atoms with Gasteiger partial charge in [0.05, 0.1) is 34.6 Å². The minimum Gasteiger partial charge on any atom is -0.388 e. The maximum atomic E-state index is 16.1. The molecule has 3 N–H and O–H groups in total. The molecule has 0 saturated carbocycles. The summed E-state index contributed by atoms with van der Waals surface area (Å²) in [5, 5.41) is 28.6. The summed E-state index contributed by atoms with van der Waals surface area (Å²) < 4.78 is 34.2. The van der Waals surface area contributed by atoms with E-state index in [1.807, 2.05) is 19.9 Å². The van der Waals surface area contributed by atoms with Crippen LogP contribution >= 0.6 is 0 Å². The molecule has 216 valence electrons. The number of aliphatic hydroxyl groups is 1. The van der Waals surface area contributed by atoms with E-state index in [4.69, 9.17) is 10.7 Å². The summed E-state index contributed by atoms with van der Waals surface area (Å²) in [5.41, 5.74) is 7.79. The second-order valence-corrected chi connectivity index (χ2v) is 10.9. The van der Waals surface area contributed by atoms with Crippen molar-refractivity contribution in [2.75, 3.05) is 18.0 Å². The molecule has 1 aliphatic rings. The molecule has 0 amide bonds. The third-order valence-corrected chi connectivity index (χ3v) is 8.26. The number of fused-ring (bicyclic) bond motifs is 2. The van der Waals surface area contributed by atoms with Gasteiger partial charge in [0, 0.05) is 48.7 Å². The first-order chi connectivity index (χ1) is 20.2. The van der Waals surface area contributed by atoms with Crippen molar-refractivity contribution in [2.24, 2.45) is 5.73 Å². The van der Waals surface area contributed by atoms with Gasteiger partial charge in [-0.15, -0.1) is 5.10 Å². The van der Waals surface area contributed by atoms with Crippen molar-refractivity contribution < 1.29 is 13.9 Å². The highest BCUT2D eigenvalue weighted by atomic mass is 19.1. The molecular formula is C30H31F2N9O. The molecule has 2 aromatic carbocycles. The number of anilines is 1. The first-order valence-electron chi connectivity index (χ1n) is 14.1. The summed E-state index contributed by atoms with van der Waals surface area (Å²) in [7, 11) is 0. The van der Waals surface area contributed by atoms with Crippen LogP contribution in [0.4, 0.5) is 14.6 Å². The van der Waals surface area contributed by atoms with Gasteiger partial charge in [-0.25, -0.2) is 23.4 Å². The third-order valence-electron chi connectivity index (χ3n) is 8.26. The molecule has 12 heteroatoms. The lowest BCUT2D eigenvalue weighted by Gasteiger charge is -2.31. The molecule has 42 heavy (non-hydrogen) atoms. The van der Waals surface area contributed by atoms with Crippen LogP contribution in [0, 0.1) is 23.0 Å². The summed E-state index contributed by atoms with van der Waals surface area (Å²) >= 11 is 0. The minimum atomic E-state index is -0.995. The van der Waals surface area contributed by atoms with Crippen LogP contribution in [0.25, 0.3) is 39.2 Å². The van der Waals surface area contributed by atoms with E-state index in [2.05, 4.69) is 20.2 Å². The number of halogens is 2. The van der Waals surface area contributed by atoms with Crippen molar-refractivity contribution in [1.82, 2.24) is 29.4 Å². The molecule has 0 radical (unpaired) electrons. The molecule has 0 unspecified atom stereocenters. The summed E-state index contributed by atoms with van der Waals surface area (Å²) in [6.45, 7) is 5.30. The predicted octanol–water partition coefficient (Wildman–Crippen LogP) is 4.44. The standard InChI is InChI=1S/C30H31F2N9O/c1-3-30(42,4-2)17-41-25-14-23(32)21(13-24(25)37-38-41)27-26(18-7-8-19(15-33)22(31)12-18)36-29-28(35-9-11-40(27)29)39-10-5-6-20(34)16-39/h7-9,11-14,20,42H,3-6,10,16-17,34H2,1-2H3/t20-/m0/s1. The van der Waals surface area contributed by atoms with Gasteiger partial charge in [-0.1, -0.05) is 25.1 Å². The van der Waals surface area contributed by atoms with Gasteiger partial charge in [0.25, 0.3) is 0 Å². The van der Waals surface area contributed by atoms with Gasteiger partial charge in [-0.3, -0.25) is 4.40 Å². The number of nitrogens with zero attached hydrogens (tertiary/aromatic N) is 8. The molecule has 1 atom stereocenters. The fourth-order valence-electron chi connectivity index (χ4n) is 5.64. The van der Waals surface area contributed by atoms with E-state index in [0.29, 0.717) is 58.8 Å². The Bertz CT molecular complexity index is 1840. The molecule has 3 aromatic heterocycles. The Balaban J connectivity index is 1.57. The van der Waals surface area contributed by atoms with Crippen LogP contribution in [-0.4, -0.2) is 59.2 Å². The van der Waals surface area contributed by atoms with Crippen LogP contribution in [0.2, 0.25) is 0 Å². The Morgan fingerprint density at radius 2 is 1.98 bits per heavy atom. The summed E-state index contributed by atoms with van der Waals surface area (Å²) in [6.07, 6.45) is 6.15. The second-order valence-electron chi connectivity index (χ2n) is 10.9. The van der Waals surface area contributed by atoms with Gasteiger partial charge in [-0.2, -0.15) is 5.26 Å². The van der Waals surface area contributed by atoms with E-state index in [1.165, 1.54) is 22.9 Å². The summed E-state index contributed by atoms with van der Waals surface area (Å²) in [4.78, 5) is 11.6. The molecule has 4 heterocycles. The first-order valence-corrected chi connectivity index (χ1v) is 14.1. The first kappa shape index (κ1) is 27.7. The van der Waals surface area contributed by atoms with Gasteiger partial charge in [0.2, 0.25) is 0 Å². The van der Waals surface area contributed by atoms with Crippen molar-refractivity contribution in [2.45, 2.75) is 57.7 Å². The Morgan fingerprint density at radius 3 is 2.69 bits per heavy atom. The lowest BCUT2D eigenvalue weighted by Crippen LogP contribution is -2.43. The summed E-state index contributed by atoms with van der Waals surface area (Å²) in [5.74, 6) is -0.658. The van der Waals surface area contributed by atoms with E-state index >= 15 is 4.39 Å².